The van der Waals surface area contributed by atoms with E-state index in [4.69, 9.17) is 9.47 Å². The first-order valence-corrected chi connectivity index (χ1v) is 8.69. The van der Waals surface area contributed by atoms with Crippen LogP contribution in [0.4, 0.5) is 11.4 Å². The van der Waals surface area contributed by atoms with Gasteiger partial charge in [-0.1, -0.05) is 37.3 Å². The molecule has 0 unspecified atom stereocenters. The number of nitro groups is 1. The number of benzene rings is 2. The summed E-state index contributed by atoms with van der Waals surface area (Å²) in [6.07, 6.45) is -0.891. The van der Waals surface area contributed by atoms with Crippen molar-refractivity contribution in [2.45, 2.75) is 32.3 Å². The maximum Gasteiger partial charge on any atom is 0.307 e. The van der Waals surface area contributed by atoms with Crippen LogP contribution in [0.5, 0.6) is 5.75 Å². The van der Waals surface area contributed by atoms with Crippen LogP contribution in [0.15, 0.2) is 48.5 Å². The molecular weight excluding hydrogens is 364 g/mol. The molecule has 0 aromatic heterocycles. The molecule has 148 valence electrons. The molecule has 2 aromatic rings. The van der Waals surface area contributed by atoms with Gasteiger partial charge in [-0.15, -0.1) is 0 Å². The number of nitrogens with zero attached hydrogens (tertiary/aromatic N) is 1. The Hall–Kier alpha value is -3.42. The van der Waals surface area contributed by atoms with Crippen molar-refractivity contribution >= 4 is 23.3 Å². The zero-order chi connectivity index (χ0) is 20.7. The van der Waals surface area contributed by atoms with E-state index in [1.54, 1.807) is 0 Å². The Morgan fingerprint density at radius 3 is 2.43 bits per heavy atom. The zero-order valence-corrected chi connectivity index (χ0v) is 15.9. The molecule has 8 heteroatoms. The van der Waals surface area contributed by atoms with Gasteiger partial charge in [0.15, 0.2) is 6.10 Å². The standard InChI is InChI=1S/C20H22N2O6/c1-13(15-7-5-4-6-8-15)11-19(23)28-14(2)20(24)21-17-10-9-16(22(25)26)12-18(17)27-3/h4-10,12-14H,11H2,1-3H3,(H,21,24)/t13-,14+/m1/s1. The largest absolute Gasteiger partial charge is 0.494 e. The van der Waals surface area contributed by atoms with E-state index in [2.05, 4.69) is 5.32 Å². The predicted molar refractivity (Wildman–Crippen MR) is 103 cm³/mol. The summed E-state index contributed by atoms with van der Waals surface area (Å²) in [6.45, 7) is 3.36. The summed E-state index contributed by atoms with van der Waals surface area (Å²) >= 11 is 0. The normalized spacial score (nSPS) is 12.5. The van der Waals surface area contributed by atoms with Crippen molar-refractivity contribution in [3.05, 3.63) is 64.2 Å². The molecule has 0 aliphatic carbocycles. The second kappa shape index (κ2) is 9.50. The number of anilines is 1. The first-order valence-electron chi connectivity index (χ1n) is 8.69. The van der Waals surface area contributed by atoms with Gasteiger partial charge in [-0.05, 0) is 24.5 Å². The number of carbonyl (C=O) groups is 2. The van der Waals surface area contributed by atoms with Crippen LogP contribution in [-0.4, -0.2) is 30.0 Å². The molecular formula is C20H22N2O6. The third-order valence-electron chi connectivity index (χ3n) is 4.17. The molecule has 0 radical (unpaired) electrons. The highest BCUT2D eigenvalue weighted by Gasteiger charge is 2.21. The smallest absolute Gasteiger partial charge is 0.307 e. The molecule has 0 heterocycles. The fourth-order valence-corrected chi connectivity index (χ4v) is 2.58. The van der Waals surface area contributed by atoms with Gasteiger partial charge in [-0.3, -0.25) is 19.7 Å². The average molecular weight is 386 g/mol. The van der Waals surface area contributed by atoms with Crippen molar-refractivity contribution in [2.24, 2.45) is 0 Å². The fourth-order valence-electron chi connectivity index (χ4n) is 2.58. The molecule has 8 nitrogen and oxygen atoms in total. The highest BCUT2D eigenvalue weighted by Crippen LogP contribution is 2.29. The van der Waals surface area contributed by atoms with Gasteiger partial charge in [0.25, 0.3) is 11.6 Å². The highest BCUT2D eigenvalue weighted by atomic mass is 16.6. The van der Waals surface area contributed by atoms with Gasteiger partial charge in [0.05, 0.1) is 30.2 Å². The Morgan fingerprint density at radius 1 is 1.14 bits per heavy atom. The van der Waals surface area contributed by atoms with Crippen LogP contribution in [-0.2, 0) is 14.3 Å². The Morgan fingerprint density at radius 2 is 1.82 bits per heavy atom. The quantitative estimate of drug-likeness (QED) is 0.421. The van der Waals surface area contributed by atoms with Gasteiger partial charge in [0.2, 0.25) is 0 Å². The van der Waals surface area contributed by atoms with E-state index in [-0.39, 0.29) is 29.5 Å². The van der Waals surface area contributed by atoms with Gasteiger partial charge in [-0.2, -0.15) is 0 Å². The van der Waals surface area contributed by atoms with E-state index in [1.807, 2.05) is 37.3 Å². The summed E-state index contributed by atoms with van der Waals surface area (Å²) in [5.74, 6) is -0.958. The Balaban J connectivity index is 1.95. The predicted octanol–water partition coefficient (Wildman–Crippen LogP) is 3.67. The van der Waals surface area contributed by atoms with Gasteiger partial charge in [0.1, 0.15) is 5.75 Å². The molecule has 2 rings (SSSR count). The van der Waals surface area contributed by atoms with Crippen molar-refractivity contribution in [3.63, 3.8) is 0 Å². The van der Waals surface area contributed by atoms with Crippen molar-refractivity contribution in [1.29, 1.82) is 0 Å². The van der Waals surface area contributed by atoms with E-state index < -0.39 is 22.9 Å². The molecule has 0 aliphatic heterocycles. The van der Waals surface area contributed by atoms with E-state index >= 15 is 0 Å². The summed E-state index contributed by atoms with van der Waals surface area (Å²) in [7, 11) is 1.34. The lowest BCUT2D eigenvalue weighted by molar-refractivity contribution is -0.384. The van der Waals surface area contributed by atoms with Gasteiger partial charge < -0.3 is 14.8 Å². The molecule has 28 heavy (non-hydrogen) atoms. The summed E-state index contributed by atoms with van der Waals surface area (Å²) in [5.41, 5.74) is 1.09. The molecule has 0 saturated heterocycles. The van der Waals surface area contributed by atoms with Crippen LogP contribution >= 0.6 is 0 Å². The van der Waals surface area contributed by atoms with Crippen molar-refractivity contribution in [1.82, 2.24) is 0 Å². The number of hydrogen-bond donors (Lipinski definition) is 1. The molecule has 0 spiro atoms. The Bertz CT molecular complexity index is 853. The molecule has 2 atom stereocenters. The second-order valence-corrected chi connectivity index (χ2v) is 6.28. The third-order valence-corrected chi connectivity index (χ3v) is 4.17. The topological polar surface area (TPSA) is 108 Å². The molecule has 2 aromatic carbocycles. The van der Waals surface area contributed by atoms with Crippen molar-refractivity contribution < 1.29 is 24.0 Å². The van der Waals surface area contributed by atoms with Crippen LogP contribution in [0.3, 0.4) is 0 Å². The molecule has 0 bridgehead atoms. The number of rotatable bonds is 8. The number of non-ortho nitro benzene ring substituents is 1. The Labute approximate surface area is 162 Å². The zero-order valence-electron chi connectivity index (χ0n) is 15.9. The number of ether oxygens (including phenoxy) is 2. The first kappa shape index (κ1) is 20.9. The van der Waals surface area contributed by atoms with E-state index in [0.717, 1.165) is 5.56 Å². The Kier molecular flexibility index (Phi) is 7.08. The van der Waals surface area contributed by atoms with Crippen molar-refractivity contribution in [2.75, 3.05) is 12.4 Å². The van der Waals surface area contributed by atoms with Crippen molar-refractivity contribution in [3.8, 4) is 5.75 Å². The van der Waals surface area contributed by atoms with E-state index in [1.165, 1.54) is 32.2 Å². The summed E-state index contributed by atoms with van der Waals surface area (Å²) in [6, 6.07) is 13.3. The lowest BCUT2D eigenvalue weighted by Gasteiger charge is -2.16. The number of esters is 1. The molecule has 1 N–H and O–H groups in total. The van der Waals surface area contributed by atoms with Gasteiger partial charge in [-0.25, -0.2) is 0 Å². The monoisotopic (exact) mass is 386 g/mol. The summed E-state index contributed by atoms with van der Waals surface area (Å²) in [4.78, 5) is 34.7. The number of carbonyl (C=O) groups excluding carboxylic acids is 2. The molecule has 1 amide bonds. The number of nitro benzene ring substituents is 1. The third kappa shape index (κ3) is 5.54. The number of hydrogen-bond acceptors (Lipinski definition) is 6. The van der Waals surface area contributed by atoms with Crippen LogP contribution in [0.1, 0.15) is 31.7 Å². The van der Waals surface area contributed by atoms with Crippen LogP contribution in [0.25, 0.3) is 0 Å². The van der Waals surface area contributed by atoms with Crippen LogP contribution in [0.2, 0.25) is 0 Å². The van der Waals surface area contributed by atoms with Gasteiger partial charge >= 0.3 is 5.97 Å². The van der Waals surface area contributed by atoms with E-state index in [9.17, 15) is 19.7 Å². The lowest BCUT2D eigenvalue weighted by atomic mass is 9.98. The minimum Gasteiger partial charge on any atom is -0.494 e. The SMILES string of the molecule is COc1cc([N+](=O)[O-])ccc1NC(=O)[C@H](C)OC(=O)C[C@@H](C)c1ccccc1. The lowest BCUT2D eigenvalue weighted by Crippen LogP contribution is -2.30. The minimum atomic E-state index is -1.03. The summed E-state index contributed by atoms with van der Waals surface area (Å²) in [5, 5.41) is 13.4. The second-order valence-electron chi connectivity index (χ2n) is 6.28. The van der Waals surface area contributed by atoms with Crippen LogP contribution < -0.4 is 10.1 Å². The van der Waals surface area contributed by atoms with Gasteiger partial charge in [0, 0.05) is 6.07 Å². The van der Waals surface area contributed by atoms with E-state index in [0.29, 0.717) is 0 Å². The average Bonchev–Trinajstić information content (AvgIpc) is 2.68. The number of nitrogens with one attached hydrogen (secondary N) is 1. The molecule has 0 saturated carbocycles. The fraction of sp³-hybridized carbons (Fsp3) is 0.300. The maximum absolute atomic E-state index is 12.3. The summed E-state index contributed by atoms with van der Waals surface area (Å²) < 4.78 is 10.3. The number of methoxy groups -OCH3 is 1. The molecule has 0 fully saturated rings. The highest BCUT2D eigenvalue weighted by molar-refractivity contribution is 5.96. The number of amides is 1. The first-order chi connectivity index (χ1) is 13.3. The molecule has 0 aliphatic rings. The maximum atomic E-state index is 12.3. The van der Waals surface area contributed by atoms with Crippen LogP contribution in [0, 0.1) is 10.1 Å². The minimum absolute atomic E-state index is 0.0428.